The van der Waals surface area contributed by atoms with Crippen molar-refractivity contribution in [1.29, 1.82) is 0 Å². The average Bonchev–Trinajstić information content (AvgIpc) is 2.56. The lowest BCUT2D eigenvalue weighted by Gasteiger charge is -2.08. The maximum atomic E-state index is 11.0. The molecule has 0 heterocycles. The number of rotatable bonds is 7. The molecule has 0 bridgehead atoms. The Bertz CT molecular complexity index is 659. The Labute approximate surface area is 129 Å². The Balaban J connectivity index is 2.07. The number of carbonyl (C=O) groups is 2. The molecule has 2 aromatic carbocycles. The van der Waals surface area contributed by atoms with Gasteiger partial charge < -0.3 is 9.47 Å². The molecule has 4 heteroatoms. The van der Waals surface area contributed by atoms with E-state index >= 15 is 0 Å². The maximum absolute atomic E-state index is 11.0. The predicted octanol–water partition coefficient (Wildman–Crippen LogP) is 3.16. The molecule has 0 radical (unpaired) electrons. The molecular weight excluding hydrogens is 280 g/mol. The summed E-state index contributed by atoms with van der Waals surface area (Å²) < 4.78 is 9.92. The number of hydrogen-bond acceptors (Lipinski definition) is 4. The van der Waals surface area contributed by atoms with Gasteiger partial charge in [0, 0.05) is 18.1 Å². The van der Waals surface area contributed by atoms with E-state index in [1.54, 1.807) is 6.07 Å². The lowest BCUT2D eigenvalue weighted by molar-refractivity contribution is -0.137. The lowest BCUT2D eigenvalue weighted by atomic mass is 10.0. The van der Waals surface area contributed by atoms with Crippen molar-refractivity contribution in [2.45, 2.75) is 6.42 Å². The van der Waals surface area contributed by atoms with Crippen molar-refractivity contribution in [3.05, 3.63) is 66.7 Å². The molecule has 2 aromatic rings. The normalized spacial score (nSPS) is 9.82. The van der Waals surface area contributed by atoms with E-state index < -0.39 is 5.97 Å². The summed E-state index contributed by atoms with van der Waals surface area (Å²) in [5.74, 6) is 0.0988. The van der Waals surface area contributed by atoms with Gasteiger partial charge in [-0.15, -0.1) is 0 Å². The van der Waals surface area contributed by atoms with Gasteiger partial charge >= 0.3 is 5.97 Å². The van der Waals surface area contributed by atoms with Crippen LogP contribution in [-0.2, 0) is 20.7 Å². The SMILES string of the molecule is C=CC(=O)OCCc1ccc(-c2ccccc2OC=O)cc1. The first-order chi connectivity index (χ1) is 10.7. The van der Waals surface area contributed by atoms with Crippen LogP contribution in [0.1, 0.15) is 5.56 Å². The fourth-order valence-electron chi connectivity index (χ4n) is 2.04. The molecule has 0 N–H and O–H groups in total. The number of hydrogen-bond donors (Lipinski definition) is 0. The van der Waals surface area contributed by atoms with Gasteiger partial charge in [0.1, 0.15) is 5.75 Å². The highest BCUT2D eigenvalue weighted by molar-refractivity contribution is 5.81. The van der Waals surface area contributed by atoms with E-state index in [9.17, 15) is 9.59 Å². The Kier molecular flexibility index (Phi) is 5.49. The minimum absolute atomic E-state index is 0.315. The zero-order valence-electron chi connectivity index (χ0n) is 12.0. The molecule has 0 saturated carbocycles. The van der Waals surface area contributed by atoms with Crippen LogP contribution in [0.2, 0.25) is 0 Å². The zero-order valence-corrected chi connectivity index (χ0v) is 12.0. The highest BCUT2D eigenvalue weighted by Crippen LogP contribution is 2.29. The van der Waals surface area contributed by atoms with Crippen LogP contribution in [0, 0.1) is 0 Å². The van der Waals surface area contributed by atoms with E-state index in [-0.39, 0.29) is 0 Å². The van der Waals surface area contributed by atoms with Gasteiger partial charge in [-0.3, -0.25) is 4.79 Å². The van der Waals surface area contributed by atoms with Gasteiger partial charge in [-0.05, 0) is 17.2 Å². The molecule has 0 aliphatic carbocycles. The van der Waals surface area contributed by atoms with Crippen molar-refractivity contribution in [2.24, 2.45) is 0 Å². The summed E-state index contributed by atoms with van der Waals surface area (Å²) in [6, 6.07) is 15.1. The van der Waals surface area contributed by atoms with Gasteiger partial charge in [-0.1, -0.05) is 49.0 Å². The molecule has 0 atom stereocenters. The topological polar surface area (TPSA) is 52.6 Å². The van der Waals surface area contributed by atoms with Crippen LogP contribution in [0.5, 0.6) is 5.75 Å². The van der Waals surface area contributed by atoms with Crippen LogP contribution < -0.4 is 4.74 Å². The smallest absolute Gasteiger partial charge is 0.330 e. The molecule has 0 aliphatic rings. The summed E-state index contributed by atoms with van der Waals surface area (Å²) in [7, 11) is 0. The number of carbonyl (C=O) groups excluding carboxylic acids is 2. The van der Waals surface area contributed by atoms with Crippen molar-refractivity contribution >= 4 is 12.4 Å². The summed E-state index contributed by atoms with van der Waals surface area (Å²) in [4.78, 5) is 21.5. The van der Waals surface area contributed by atoms with Crippen LogP contribution in [0.25, 0.3) is 11.1 Å². The zero-order chi connectivity index (χ0) is 15.8. The first-order valence-electron chi connectivity index (χ1n) is 6.82. The summed E-state index contributed by atoms with van der Waals surface area (Å²) in [6.45, 7) is 4.08. The third-order valence-corrected chi connectivity index (χ3v) is 3.13. The Hall–Kier alpha value is -2.88. The van der Waals surface area contributed by atoms with Crippen molar-refractivity contribution in [3.8, 4) is 16.9 Å². The van der Waals surface area contributed by atoms with E-state index in [0.29, 0.717) is 25.2 Å². The number of para-hydroxylation sites is 1. The van der Waals surface area contributed by atoms with Crippen LogP contribution in [0.4, 0.5) is 0 Å². The van der Waals surface area contributed by atoms with E-state index in [2.05, 4.69) is 6.58 Å². The van der Waals surface area contributed by atoms with Gasteiger partial charge in [0.15, 0.2) is 0 Å². The second-order valence-electron chi connectivity index (χ2n) is 4.53. The second kappa shape index (κ2) is 7.78. The molecule has 4 nitrogen and oxygen atoms in total. The molecule has 0 spiro atoms. The average molecular weight is 296 g/mol. The standard InChI is InChI=1S/C18H16O4/c1-2-18(20)21-12-11-14-7-9-15(10-8-14)16-5-3-4-6-17(16)22-13-19/h2-10,13H,1,11-12H2. The molecule has 0 amide bonds. The first kappa shape index (κ1) is 15.5. The first-order valence-corrected chi connectivity index (χ1v) is 6.82. The summed E-state index contributed by atoms with van der Waals surface area (Å²) in [5, 5.41) is 0. The van der Waals surface area contributed by atoms with Crippen molar-refractivity contribution in [3.63, 3.8) is 0 Å². The summed E-state index contributed by atoms with van der Waals surface area (Å²) in [6.07, 6.45) is 1.78. The minimum atomic E-state index is -0.420. The Morgan fingerprint density at radius 2 is 1.82 bits per heavy atom. The fraction of sp³-hybridized carbons (Fsp3) is 0.111. The monoisotopic (exact) mass is 296 g/mol. The van der Waals surface area contributed by atoms with Crippen LogP contribution in [0.15, 0.2) is 61.2 Å². The molecule has 0 aromatic heterocycles. The molecule has 0 aliphatic heterocycles. The highest BCUT2D eigenvalue weighted by Gasteiger charge is 2.06. The molecule has 0 unspecified atom stereocenters. The van der Waals surface area contributed by atoms with E-state index in [1.807, 2.05) is 42.5 Å². The van der Waals surface area contributed by atoms with Crippen molar-refractivity contribution in [2.75, 3.05) is 6.61 Å². The third-order valence-electron chi connectivity index (χ3n) is 3.13. The van der Waals surface area contributed by atoms with Gasteiger partial charge in [-0.2, -0.15) is 0 Å². The van der Waals surface area contributed by atoms with Crippen molar-refractivity contribution < 1.29 is 19.1 Å². The largest absolute Gasteiger partial charge is 0.462 e. The van der Waals surface area contributed by atoms with E-state index in [1.165, 1.54) is 0 Å². The molecule has 0 saturated heterocycles. The van der Waals surface area contributed by atoms with E-state index in [4.69, 9.17) is 9.47 Å². The Morgan fingerprint density at radius 3 is 2.50 bits per heavy atom. The Morgan fingerprint density at radius 1 is 1.09 bits per heavy atom. The third kappa shape index (κ3) is 4.06. The van der Waals surface area contributed by atoms with Gasteiger partial charge in [0.05, 0.1) is 6.61 Å². The number of ether oxygens (including phenoxy) is 2. The summed E-state index contributed by atoms with van der Waals surface area (Å²) in [5.41, 5.74) is 2.85. The fourth-order valence-corrected chi connectivity index (χ4v) is 2.04. The van der Waals surface area contributed by atoms with Crippen LogP contribution in [0.3, 0.4) is 0 Å². The minimum Gasteiger partial charge on any atom is -0.462 e. The lowest BCUT2D eigenvalue weighted by Crippen LogP contribution is -2.04. The predicted molar refractivity (Wildman–Crippen MR) is 83.4 cm³/mol. The second-order valence-corrected chi connectivity index (χ2v) is 4.53. The van der Waals surface area contributed by atoms with Gasteiger partial charge in [0.2, 0.25) is 0 Å². The quantitative estimate of drug-likeness (QED) is 0.447. The molecule has 112 valence electrons. The highest BCUT2D eigenvalue weighted by atomic mass is 16.5. The maximum Gasteiger partial charge on any atom is 0.330 e. The summed E-state index contributed by atoms with van der Waals surface area (Å²) >= 11 is 0. The van der Waals surface area contributed by atoms with Gasteiger partial charge in [0.25, 0.3) is 6.47 Å². The van der Waals surface area contributed by atoms with Crippen LogP contribution in [-0.4, -0.2) is 19.0 Å². The number of benzene rings is 2. The molecular formula is C18H16O4. The van der Waals surface area contributed by atoms with Gasteiger partial charge in [-0.25, -0.2) is 4.79 Å². The number of esters is 1. The molecule has 22 heavy (non-hydrogen) atoms. The van der Waals surface area contributed by atoms with Crippen molar-refractivity contribution in [1.82, 2.24) is 0 Å². The van der Waals surface area contributed by atoms with E-state index in [0.717, 1.165) is 22.8 Å². The molecule has 0 fully saturated rings. The van der Waals surface area contributed by atoms with Crippen LogP contribution >= 0.6 is 0 Å². The molecule has 2 rings (SSSR count).